The van der Waals surface area contributed by atoms with Gasteiger partial charge in [-0.2, -0.15) is 0 Å². The second-order valence-corrected chi connectivity index (χ2v) is 8.39. The fraction of sp³-hybridized carbons (Fsp3) is 0.500. The van der Waals surface area contributed by atoms with E-state index >= 15 is 8.78 Å². The van der Waals surface area contributed by atoms with Crippen LogP contribution in [0.5, 0.6) is 0 Å². The molecule has 30 heavy (non-hydrogen) atoms. The van der Waals surface area contributed by atoms with Crippen LogP contribution in [0.3, 0.4) is 0 Å². The van der Waals surface area contributed by atoms with Crippen LogP contribution < -0.4 is 16.1 Å². The van der Waals surface area contributed by atoms with Crippen LogP contribution in [0.4, 0.5) is 14.5 Å². The van der Waals surface area contributed by atoms with E-state index < -0.39 is 28.6 Å². The minimum absolute atomic E-state index is 0. The van der Waals surface area contributed by atoms with E-state index in [-0.39, 0.29) is 46.4 Å². The molecule has 2 saturated heterocycles. The Morgan fingerprint density at radius 3 is 2.70 bits per heavy atom. The highest BCUT2D eigenvalue weighted by Gasteiger charge is 2.50. The predicted octanol–water partition coefficient (Wildman–Crippen LogP) is 2.15. The van der Waals surface area contributed by atoms with Crippen molar-refractivity contribution in [3.63, 3.8) is 0 Å². The maximum Gasteiger partial charge on any atom is 0.341 e. The molecular formula is C20H22ClF2N3O4. The number of aromatic carboxylic acids is 1. The molecule has 1 aliphatic carbocycles. The molecule has 3 N–H and O–H groups in total. The number of hydrogen-bond donors (Lipinski definition) is 2. The van der Waals surface area contributed by atoms with Crippen LogP contribution >= 0.6 is 12.4 Å². The van der Waals surface area contributed by atoms with E-state index in [0.717, 1.165) is 18.9 Å². The number of fused-ring (bicyclic) bond motifs is 2. The summed E-state index contributed by atoms with van der Waals surface area (Å²) in [5.74, 6) is -3.02. The van der Waals surface area contributed by atoms with Gasteiger partial charge in [0.25, 0.3) is 0 Å². The molecule has 0 bridgehead atoms. The summed E-state index contributed by atoms with van der Waals surface area (Å²) < 4.78 is 37.8. The topological polar surface area (TPSA) is 97.8 Å². The van der Waals surface area contributed by atoms with Crippen molar-refractivity contribution in [3.05, 3.63) is 39.7 Å². The number of pyridine rings is 1. The fourth-order valence-electron chi connectivity index (χ4n) is 4.81. The number of carbonyl (C=O) groups is 1. The van der Waals surface area contributed by atoms with E-state index in [2.05, 4.69) is 0 Å². The highest BCUT2D eigenvalue weighted by Crippen LogP contribution is 2.45. The minimum Gasteiger partial charge on any atom is -0.477 e. The Balaban J connectivity index is 0.00000218. The number of ether oxygens (including phenoxy) is 1. The number of halogens is 3. The summed E-state index contributed by atoms with van der Waals surface area (Å²) in [5.41, 5.74) is 4.05. The third-order valence-electron chi connectivity index (χ3n) is 6.60. The zero-order chi connectivity index (χ0) is 20.5. The summed E-state index contributed by atoms with van der Waals surface area (Å²) in [6.45, 7) is 2.10. The van der Waals surface area contributed by atoms with Gasteiger partial charge in [-0.1, -0.05) is 0 Å². The van der Waals surface area contributed by atoms with Crippen molar-refractivity contribution in [3.8, 4) is 0 Å². The van der Waals surface area contributed by atoms with Gasteiger partial charge in [-0.15, -0.1) is 12.4 Å². The van der Waals surface area contributed by atoms with Crippen molar-refractivity contribution in [1.82, 2.24) is 4.57 Å². The second-order valence-electron chi connectivity index (χ2n) is 8.39. The van der Waals surface area contributed by atoms with Crippen LogP contribution in [0.15, 0.2) is 17.1 Å². The Kier molecular flexibility index (Phi) is 5.03. The highest BCUT2D eigenvalue weighted by molar-refractivity contribution is 5.94. The number of nitrogens with zero attached hydrogens (tertiary/aromatic N) is 2. The fourth-order valence-corrected chi connectivity index (χ4v) is 4.81. The van der Waals surface area contributed by atoms with Crippen molar-refractivity contribution in [2.24, 2.45) is 17.1 Å². The van der Waals surface area contributed by atoms with E-state index in [9.17, 15) is 14.7 Å². The predicted molar refractivity (Wildman–Crippen MR) is 109 cm³/mol. The van der Waals surface area contributed by atoms with E-state index in [1.54, 1.807) is 4.90 Å². The molecule has 1 saturated carbocycles. The summed E-state index contributed by atoms with van der Waals surface area (Å²) in [6, 6.07) is 0.881. The lowest BCUT2D eigenvalue weighted by Gasteiger charge is -2.26. The summed E-state index contributed by atoms with van der Waals surface area (Å²) in [4.78, 5) is 25.7. The molecule has 2 aliphatic heterocycles. The van der Waals surface area contributed by atoms with Crippen molar-refractivity contribution in [1.29, 1.82) is 0 Å². The molecule has 2 unspecified atom stereocenters. The Bertz CT molecular complexity index is 1100. The zero-order valence-electron chi connectivity index (χ0n) is 16.1. The van der Waals surface area contributed by atoms with Crippen LogP contribution in [-0.4, -0.2) is 48.5 Å². The summed E-state index contributed by atoms with van der Waals surface area (Å²) in [6.07, 6.45) is 2.69. The number of carboxylic acids is 1. The molecule has 1 aromatic heterocycles. The lowest BCUT2D eigenvalue weighted by atomic mass is 9.81. The van der Waals surface area contributed by atoms with Gasteiger partial charge in [-0.3, -0.25) is 4.79 Å². The van der Waals surface area contributed by atoms with Crippen LogP contribution in [0.25, 0.3) is 10.9 Å². The molecule has 1 aromatic carbocycles. The van der Waals surface area contributed by atoms with E-state index in [4.69, 9.17) is 10.5 Å². The van der Waals surface area contributed by atoms with E-state index in [1.807, 2.05) is 0 Å². The third-order valence-corrected chi connectivity index (χ3v) is 6.60. The number of benzene rings is 1. The van der Waals surface area contributed by atoms with Gasteiger partial charge < -0.3 is 25.0 Å². The Morgan fingerprint density at radius 2 is 2.10 bits per heavy atom. The first-order valence-corrected chi connectivity index (χ1v) is 9.69. The molecule has 2 aromatic rings. The number of rotatable bonds is 4. The maximum atomic E-state index is 15.7. The van der Waals surface area contributed by atoms with E-state index in [1.165, 1.54) is 10.8 Å². The summed E-state index contributed by atoms with van der Waals surface area (Å²) >= 11 is 0. The Morgan fingerprint density at radius 1 is 1.37 bits per heavy atom. The van der Waals surface area contributed by atoms with Gasteiger partial charge in [0.05, 0.1) is 24.1 Å². The molecule has 162 valence electrons. The van der Waals surface area contributed by atoms with Crippen LogP contribution in [0.2, 0.25) is 0 Å². The normalized spacial score (nSPS) is 25.4. The van der Waals surface area contributed by atoms with Crippen molar-refractivity contribution in [2.45, 2.75) is 18.9 Å². The van der Waals surface area contributed by atoms with Crippen molar-refractivity contribution >= 4 is 35.0 Å². The summed E-state index contributed by atoms with van der Waals surface area (Å²) in [7, 11) is 0. The van der Waals surface area contributed by atoms with Crippen LogP contribution in [-0.2, 0) is 4.74 Å². The highest BCUT2D eigenvalue weighted by atomic mass is 35.5. The molecule has 0 radical (unpaired) electrons. The SMILES string of the molecule is Cl.NCC12COCC1CN(c1c(F)cc3c(=O)c(C(=O)O)cn(C4CC4)c3c1F)C2. The summed E-state index contributed by atoms with van der Waals surface area (Å²) in [5, 5.41) is 9.09. The standard InChI is InChI=1S/C20H21F2N3O4.ClH/c21-14-3-12-16(25(11-1-2-11)5-13(18(12)26)19(27)28)15(22)17(14)24-4-10-6-29-9-20(10,7-23)8-24;/h3,5,10-11H,1-2,4,6-9,23H2,(H,27,28);1H. The van der Waals surface area contributed by atoms with Gasteiger partial charge in [0.2, 0.25) is 5.43 Å². The average molecular weight is 442 g/mol. The Hall–Kier alpha value is -2.23. The van der Waals surface area contributed by atoms with E-state index in [0.29, 0.717) is 32.8 Å². The molecule has 5 rings (SSSR count). The average Bonchev–Trinajstić information content (AvgIpc) is 3.34. The number of nitrogens with two attached hydrogens (primary N) is 1. The zero-order valence-corrected chi connectivity index (χ0v) is 16.9. The largest absolute Gasteiger partial charge is 0.477 e. The smallest absolute Gasteiger partial charge is 0.341 e. The molecule has 2 atom stereocenters. The molecule has 3 heterocycles. The van der Waals surface area contributed by atoms with Gasteiger partial charge in [0.15, 0.2) is 5.82 Å². The Labute approximate surface area is 176 Å². The van der Waals surface area contributed by atoms with Gasteiger partial charge in [-0.25, -0.2) is 13.6 Å². The lowest BCUT2D eigenvalue weighted by molar-refractivity contribution is 0.0694. The van der Waals surface area contributed by atoms with Crippen molar-refractivity contribution in [2.75, 3.05) is 37.7 Å². The molecule has 10 heteroatoms. The first kappa shape index (κ1) is 21.0. The minimum atomic E-state index is -1.41. The third kappa shape index (κ3) is 2.91. The van der Waals surface area contributed by atoms with Crippen LogP contribution in [0, 0.1) is 23.0 Å². The monoisotopic (exact) mass is 441 g/mol. The number of hydrogen-bond acceptors (Lipinski definition) is 5. The molecule has 0 spiro atoms. The first-order valence-electron chi connectivity index (χ1n) is 9.69. The molecule has 0 amide bonds. The number of aromatic nitrogens is 1. The first-order chi connectivity index (χ1) is 13.9. The van der Waals surface area contributed by atoms with Crippen LogP contribution in [0.1, 0.15) is 29.2 Å². The quantitative estimate of drug-likeness (QED) is 0.754. The lowest BCUT2D eigenvalue weighted by Crippen LogP contribution is -2.38. The molecular weight excluding hydrogens is 420 g/mol. The van der Waals surface area contributed by atoms with Gasteiger partial charge in [-0.05, 0) is 18.9 Å². The number of carboxylic acid groups (broad SMARTS) is 1. The van der Waals surface area contributed by atoms with Gasteiger partial charge in [0.1, 0.15) is 17.1 Å². The van der Waals surface area contributed by atoms with Gasteiger partial charge >= 0.3 is 5.97 Å². The van der Waals surface area contributed by atoms with Gasteiger partial charge in [0, 0.05) is 43.2 Å². The second kappa shape index (κ2) is 7.18. The number of anilines is 1. The maximum absolute atomic E-state index is 15.7. The van der Waals surface area contributed by atoms with Crippen molar-refractivity contribution < 1.29 is 23.4 Å². The molecule has 3 fully saturated rings. The molecule has 7 nitrogen and oxygen atoms in total. The molecule has 3 aliphatic rings.